The first-order valence-electron chi connectivity index (χ1n) is 10.8. The second-order valence-electron chi connectivity index (χ2n) is 8.17. The molecule has 9 heteroatoms. The summed E-state index contributed by atoms with van der Waals surface area (Å²) in [4.78, 5) is 22.9. The van der Waals surface area contributed by atoms with Crippen LogP contribution in [0.3, 0.4) is 0 Å². The Hall–Kier alpha value is -4.01. The number of amides is 1. The highest BCUT2D eigenvalue weighted by Crippen LogP contribution is 2.42. The van der Waals surface area contributed by atoms with Crippen LogP contribution in [-0.2, 0) is 18.4 Å². The van der Waals surface area contributed by atoms with Gasteiger partial charge < -0.3 is 14.2 Å². The molecule has 1 aliphatic rings. The summed E-state index contributed by atoms with van der Waals surface area (Å²) in [6.07, 6.45) is 8.32. The Morgan fingerprint density at radius 3 is 2.73 bits per heavy atom. The Kier molecular flexibility index (Phi) is 5.60. The molecule has 0 saturated carbocycles. The molecule has 4 heterocycles. The van der Waals surface area contributed by atoms with Crippen molar-refractivity contribution in [1.82, 2.24) is 29.8 Å². The molecule has 5 rings (SSSR count). The molecule has 1 amide bonds. The Bertz CT molecular complexity index is 1230. The lowest BCUT2D eigenvalue weighted by Gasteiger charge is -2.36. The number of nitrogens with zero attached hydrogens (tertiary/aromatic N) is 6. The van der Waals surface area contributed by atoms with Gasteiger partial charge >= 0.3 is 0 Å². The molecular formula is C24H24N6O3. The molecule has 1 saturated heterocycles. The number of hydrogen-bond acceptors (Lipinski definition) is 7. The zero-order chi connectivity index (χ0) is 22.8. The molecule has 0 unspecified atom stereocenters. The van der Waals surface area contributed by atoms with E-state index in [1.165, 1.54) is 0 Å². The fourth-order valence-electron chi connectivity index (χ4n) is 4.20. The van der Waals surface area contributed by atoms with E-state index in [1.54, 1.807) is 28.2 Å². The first-order chi connectivity index (χ1) is 16.1. The Balaban J connectivity index is 1.33. The highest BCUT2D eigenvalue weighted by molar-refractivity contribution is 5.77. The van der Waals surface area contributed by atoms with Crippen molar-refractivity contribution in [3.05, 3.63) is 78.2 Å². The third-order valence-corrected chi connectivity index (χ3v) is 5.93. The van der Waals surface area contributed by atoms with Gasteiger partial charge in [0.05, 0.1) is 18.2 Å². The van der Waals surface area contributed by atoms with Crippen molar-refractivity contribution >= 4 is 5.91 Å². The molecule has 3 aromatic heterocycles. The molecule has 0 bridgehead atoms. The maximum atomic E-state index is 12.4. The highest BCUT2D eigenvalue weighted by atomic mass is 16.5. The second kappa shape index (κ2) is 8.85. The van der Waals surface area contributed by atoms with Crippen molar-refractivity contribution in [3.63, 3.8) is 0 Å². The lowest BCUT2D eigenvalue weighted by Crippen LogP contribution is -2.39. The Morgan fingerprint density at radius 2 is 2.00 bits per heavy atom. The predicted molar refractivity (Wildman–Crippen MR) is 119 cm³/mol. The van der Waals surface area contributed by atoms with Crippen LogP contribution in [-0.4, -0.2) is 42.8 Å². The summed E-state index contributed by atoms with van der Waals surface area (Å²) in [5.74, 6) is 1.78. The van der Waals surface area contributed by atoms with Crippen LogP contribution in [0.1, 0.15) is 41.8 Å². The first kappa shape index (κ1) is 20.9. The second-order valence-corrected chi connectivity index (χ2v) is 8.17. The number of ether oxygens (including phenoxy) is 1. The van der Waals surface area contributed by atoms with E-state index in [1.807, 2.05) is 56.7 Å². The normalized spacial score (nSPS) is 18.5. The lowest BCUT2D eigenvalue weighted by atomic mass is 9.85. The van der Waals surface area contributed by atoms with Crippen molar-refractivity contribution in [2.45, 2.75) is 31.4 Å². The van der Waals surface area contributed by atoms with Gasteiger partial charge in [0.15, 0.2) is 0 Å². The molecule has 1 fully saturated rings. The summed E-state index contributed by atoms with van der Waals surface area (Å²) in [5, 5.41) is 8.47. The molecule has 33 heavy (non-hydrogen) atoms. The van der Waals surface area contributed by atoms with Crippen molar-refractivity contribution in [3.8, 4) is 17.1 Å². The number of pyridine rings is 1. The van der Waals surface area contributed by atoms with Crippen LogP contribution in [0.4, 0.5) is 0 Å². The molecule has 9 nitrogen and oxygen atoms in total. The minimum Gasteiger partial charge on any atom is -0.489 e. The minimum absolute atomic E-state index is 0.0970. The number of likely N-dealkylation sites (tertiary alicyclic amines) is 1. The van der Waals surface area contributed by atoms with Gasteiger partial charge in [0.2, 0.25) is 17.6 Å². The van der Waals surface area contributed by atoms with Gasteiger partial charge in [-0.1, -0.05) is 11.2 Å². The first-order valence-corrected chi connectivity index (χ1v) is 10.8. The Morgan fingerprint density at radius 1 is 1.15 bits per heavy atom. The smallest absolute Gasteiger partial charge is 0.232 e. The number of rotatable bonds is 6. The summed E-state index contributed by atoms with van der Waals surface area (Å²) in [6, 6.07) is 11.2. The molecule has 1 aromatic carbocycles. The van der Waals surface area contributed by atoms with Gasteiger partial charge in [-0.3, -0.25) is 14.5 Å². The van der Waals surface area contributed by atoms with Crippen LogP contribution in [0, 0.1) is 0 Å². The van der Waals surface area contributed by atoms with Gasteiger partial charge in [0.1, 0.15) is 12.4 Å². The molecule has 1 aliphatic heterocycles. The number of aromatic nitrogens is 5. The van der Waals surface area contributed by atoms with Gasteiger partial charge in [-0.15, -0.1) is 0 Å². The number of carbonyl (C=O) groups is 1. The molecule has 0 aliphatic carbocycles. The van der Waals surface area contributed by atoms with Crippen LogP contribution >= 0.6 is 0 Å². The summed E-state index contributed by atoms with van der Waals surface area (Å²) in [5.41, 5.74) is 2.79. The number of likely N-dealkylation sites (N-methyl/N-ethyl adjacent to an activating group) is 1. The average Bonchev–Trinajstić information content (AvgIpc) is 3.50. The topological polar surface area (TPSA) is 99.2 Å². The predicted octanol–water partition coefficient (Wildman–Crippen LogP) is 3.52. The van der Waals surface area contributed by atoms with E-state index < -0.39 is 0 Å². The molecule has 4 aromatic rings. The van der Waals surface area contributed by atoms with Crippen molar-refractivity contribution in [1.29, 1.82) is 0 Å². The van der Waals surface area contributed by atoms with E-state index in [0.717, 1.165) is 22.4 Å². The Labute approximate surface area is 191 Å². The zero-order valence-electron chi connectivity index (χ0n) is 18.5. The lowest BCUT2D eigenvalue weighted by molar-refractivity contribution is -0.135. The monoisotopic (exact) mass is 444 g/mol. The van der Waals surface area contributed by atoms with E-state index in [-0.39, 0.29) is 17.9 Å². The summed E-state index contributed by atoms with van der Waals surface area (Å²) >= 11 is 0. The maximum Gasteiger partial charge on any atom is 0.232 e. The van der Waals surface area contributed by atoms with Crippen LogP contribution < -0.4 is 4.74 Å². The van der Waals surface area contributed by atoms with Gasteiger partial charge in [-0.25, -0.2) is 0 Å². The van der Waals surface area contributed by atoms with Crippen molar-refractivity contribution in [2.24, 2.45) is 7.05 Å². The SMILES string of the molecule is CN1C(=O)CC[C@H](c2nc(-c3ccc(OCc4cccnc4)cc3)no2)[C@@H]1c1cnn(C)c1. The van der Waals surface area contributed by atoms with Gasteiger partial charge in [-0.05, 0) is 36.8 Å². The number of carbonyl (C=O) groups excluding carboxylic acids is 1. The van der Waals surface area contributed by atoms with Gasteiger partial charge in [0.25, 0.3) is 0 Å². The molecule has 0 spiro atoms. The minimum atomic E-state index is -0.198. The largest absolute Gasteiger partial charge is 0.489 e. The molecule has 2 atom stereocenters. The third-order valence-electron chi connectivity index (χ3n) is 5.93. The van der Waals surface area contributed by atoms with Crippen molar-refractivity contribution in [2.75, 3.05) is 7.05 Å². The quantitative estimate of drug-likeness (QED) is 0.449. The van der Waals surface area contributed by atoms with Crippen molar-refractivity contribution < 1.29 is 14.1 Å². The van der Waals surface area contributed by atoms with E-state index in [4.69, 9.17) is 9.26 Å². The van der Waals surface area contributed by atoms with Crippen LogP contribution in [0.2, 0.25) is 0 Å². The molecule has 0 radical (unpaired) electrons. The van der Waals surface area contributed by atoms with Gasteiger partial charge in [0, 0.05) is 55.8 Å². The molecule has 0 N–H and O–H groups in total. The molecular weight excluding hydrogens is 420 g/mol. The van der Waals surface area contributed by atoms with E-state index in [9.17, 15) is 4.79 Å². The number of piperidine rings is 1. The van der Waals surface area contributed by atoms with Crippen LogP contribution in [0.15, 0.2) is 65.7 Å². The average molecular weight is 444 g/mol. The van der Waals surface area contributed by atoms with E-state index in [0.29, 0.717) is 31.2 Å². The highest BCUT2D eigenvalue weighted by Gasteiger charge is 2.39. The maximum absolute atomic E-state index is 12.4. The number of benzene rings is 1. The number of hydrogen-bond donors (Lipinski definition) is 0. The van der Waals surface area contributed by atoms with Crippen LogP contribution in [0.5, 0.6) is 5.75 Å². The summed E-state index contributed by atoms with van der Waals surface area (Å²) in [7, 11) is 3.67. The van der Waals surface area contributed by atoms with Gasteiger partial charge in [-0.2, -0.15) is 10.1 Å². The van der Waals surface area contributed by atoms with Crippen LogP contribution in [0.25, 0.3) is 11.4 Å². The third kappa shape index (κ3) is 4.34. The fraction of sp³-hybridized carbons (Fsp3) is 0.292. The molecule has 168 valence electrons. The van der Waals surface area contributed by atoms with E-state index >= 15 is 0 Å². The van der Waals surface area contributed by atoms with E-state index in [2.05, 4.69) is 20.2 Å². The fourth-order valence-corrected chi connectivity index (χ4v) is 4.20. The zero-order valence-corrected chi connectivity index (χ0v) is 18.5. The summed E-state index contributed by atoms with van der Waals surface area (Å²) < 4.78 is 13.2. The standard InChI is InChI=1S/C24H24N6O3/c1-29-14-18(13-26-29)22-20(9-10-21(31)30(22)2)24-27-23(28-33-24)17-5-7-19(8-6-17)32-15-16-4-3-11-25-12-16/h3-8,11-14,20,22H,9-10,15H2,1-2H3/t20-,22-/m0/s1. The number of aryl methyl sites for hydroxylation is 1. The summed E-state index contributed by atoms with van der Waals surface area (Å²) in [6.45, 7) is 0.448.